The van der Waals surface area contributed by atoms with Crippen LogP contribution in [0.3, 0.4) is 0 Å². The predicted octanol–water partition coefficient (Wildman–Crippen LogP) is 3.51. The molecule has 0 heterocycles. The van der Waals surface area contributed by atoms with E-state index in [1.54, 1.807) is 0 Å². The number of hydrogen-bond acceptors (Lipinski definition) is 5. The quantitative estimate of drug-likeness (QED) is 0.456. The van der Waals surface area contributed by atoms with Crippen molar-refractivity contribution in [3.63, 3.8) is 0 Å². The Morgan fingerprint density at radius 3 is 2.68 bits per heavy atom. The molecule has 7 heteroatoms. The molecule has 0 spiro atoms. The average Bonchev–Trinajstić information content (AvgIpc) is 2.50. The minimum atomic E-state index is -0.819. The number of nitrogens with one attached hydrogen (secondary N) is 1. The number of aliphatic hydroxyl groups is 1. The minimum Gasteiger partial charge on any atom is -0.503 e. The third kappa shape index (κ3) is 6.72. The minimum absolute atomic E-state index is 0.110. The van der Waals surface area contributed by atoms with Gasteiger partial charge in [-0.1, -0.05) is 44.2 Å². The van der Waals surface area contributed by atoms with Gasteiger partial charge in [-0.15, -0.1) is 0 Å². The van der Waals surface area contributed by atoms with Crippen molar-refractivity contribution in [2.24, 2.45) is 5.92 Å². The summed E-state index contributed by atoms with van der Waals surface area (Å²) in [5.41, 5.74) is 2.96. The van der Waals surface area contributed by atoms with Gasteiger partial charge in [-0.3, -0.25) is 4.84 Å². The lowest BCUT2D eigenvalue weighted by molar-refractivity contribution is -0.0321. The van der Waals surface area contributed by atoms with Crippen LogP contribution >= 0.6 is 0 Å². The van der Waals surface area contributed by atoms with Gasteiger partial charge >= 0.3 is 12.3 Å². The zero-order valence-corrected chi connectivity index (χ0v) is 12.6. The smallest absolute Gasteiger partial charge is 0.431 e. The fraction of sp³-hybridized carbons (Fsp3) is 0.400. The van der Waals surface area contributed by atoms with Crippen molar-refractivity contribution in [3.05, 3.63) is 52.8 Å². The Morgan fingerprint density at radius 2 is 2.09 bits per heavy atom. The highest BCUT2D eigenvalue weighted by atomic mass is 16.7. The normalized spacial score (nSPS) is 12.5. The lowest BCUT2D eigenvalue weighted by Gasteiger charge is -2.17. The maximum atomic E-state index is 11.6. The molecule has 7 nitrogen and oxygen atoms in total. The molecule has 1 aromatic rings. The number of amides is 1. The van der Waals surface area contributed by atoms with Crippen LogP contribution in [0.4, 0.5) is 4.79 Å². The molecule has 0 unspecified atom stereocenters. The fourth-order valence-corrected chi connectivity index (χ4v) is 1.67. The number of carbonyl (C=O) groups is 1. The fourth-order valence-electron chi connectivity index (χ4n) is 1.67. The van der Waals surface area contributed by atoms with Gasteiger partial charge in [0.25, 0.3) is 0 Å². The summed E-state index contributed by atoms with van der Waals surface area (Å²) in [5.74, 6) is -0.0964. The van der Waals surface area contributed by atoms with Gasteiger partial charge in [0.2, 0.25) is 11.2 Å². The summed E-state index contributed by atoms with van der Waals surface area (Å²) in [6, 6.07) is 9.20. The number of rotatable bonds is 7. The van der Waals surface area contributed by atoms with Gasteiger partial charge in [0, 0.05) is 0 Å². The van der Waals surface area contributed by atoms with Crippen LogP contribution in [-0.4, -0.2) is 17.3 Å². The Kier molecular flexibility index (Phi) is 7.43. The monoisotopic (exact) mass is 306 g/mol. The SMILES string of the molecule is CC(C)C[C@@H](ONC(=O)OCc1ccccc1)/C(O)=C/[N+]#N. The summed E-state index contributed by atoms with van der Waals surface area (Å²) < 4.78 is 4.97. The van der Waals surface area contributed by atoms with Crippen molar-refractivity contribution >= 4 is 6.09 Å². The Balaban J connectivity index is 2.45. The number of benzene rings is 1. The summed E-state index contributed by atoms with van der Waals surface area (Å²) in [6.07, 6.45) is -0.313. The van der Waals surface area contributed by atoms with Crippen molar-refractivity contribution < 1.29 is 19.5 Å². The highest BCUT2D eigenvalue weighted by Gasteiger charge is 2.21. The molecule has 0 radical (unpaired) electrons. The van der Waals surface area contributed by atoms with Crippen LogP contribution < -0.4 is 5.48 Å². The Hall–Kier alpha value is -2.59. The number of hydroxylamine groups is 1. The maximum absolute atomic E-state index is 11.6. The van der Waals surface area contributed by atoms with E-state index in [0.29, 0.717) is 6.42 Å². The van der Waals surface area contributed by atoms with Crippen LogP contribution in [0, 0.1) is 11.3 Å². The molecule has 0 aliphatic carbocycles. The van der Waals surface area contributed by atoms with Crippen molar-refractivity contribution in [2.75, 3.05) is 0 Å². The topological polar surface area (TPSA) is 95.9 Å². The van der Waals surface area contributed by atoms with E-state index < -0.39 is 12.2 Å². The number of nitrogens with zero attached hydrogens (tertiary/aromatic N) is 2. The maximum Gasteiger partial charge on any atom is 0.431 e. The molecule has 0 bridgehead atoms. The molecule has 1 rings (SSSR count). The lowest BCUT2D eigenvalue weighted by atomic mass is 10.1. The molecule has 118 valence electrons. The van der Waals surface area contributed by atoms with Crippen molar-refractivity contribution in [1.82, 2.24) is 5.48 Å². The van der Waals surface area contributed by atoms with E-state index in [0.717, 1.165) is 11.8 Å². The second-order valence-corrected chi connectivity index (χ2v) is 5.07. The molecule has 0 aromatic heterocycles. The first-order valence-corrected chi connectivity index (χ1v) is 6.88. The molecule has 0 aliphatic heterocycles. The highest BCUT2D eigenvalue weighted by molar-refractivity contribution is 5.65. The molecule has 0 saturated carbocycles. The standard InChI is InChI=1S/C15H19N3O4/c1-11(2)8-14(13(19)9-17-16)22-18-15(20)21-10-12-6-4-3-5-7-12/h3-7,9,11,14H,8,10H2,1-2H3,(H-,18,19,20)/p+1/b13-9-/t14-/m1/s1. The van der Waals surface area contributed by atoms with E-state index in [1.807, 2.05) is 44.2 Å². The molecule has 0 saturated heterocycles. The van der Waals surface area contributed by atoms with Gasteiger partial charge in [-0.05, 0) is 17.9 Å². The van der Waals surface area contributed by atoms with Gasteiger partial charge in [0.05, 0.1) is 0 Å². The molecular weight excluding hydrogens is 286 g/mol. The summed E-state index contributed by atoms with van der Waals surface area (Å²) in [6.45, 7) is 3.96. The van der Waals surface area contributed by atoms with Gasteiger partial charge in [-0.25, -0.2) is 4.79 Å². The number of carbonyl (C=O) groups excluding carboxylic acids is 1. The summed E-state index contributed by atoms with van der Waals surface area (Å²) in [4.78, 5) is 19.4. The third-order valence-corrected chi connectivity index (χ3v) is 2.70. The second kappa shape index (κ2) is 9.37. The molecule has 1 aromatic carbocycles. The van der Waals surface area contributed by atoms with Crippen LogP contribution in [-0.2, 0) is 16.2 Å². The summed E-state index contributed by atoms with van der Waals surface area (Å²) >= 11 is 0. The lowest BCUT2D eigenvalue weighted by Crippen LogP contribution is -2.32. The Morgan fingerprint density at radius 1 is 1.41 bits per heavy atom. The van der Waals surface area contributed by atoms with Crippen LogP contribution in [0.15, 0.2) is 42.3 Å². The van der Waals surface area contributed by atoms with Gasteiger partial charge < -0.3 is 9.84 Å². The molecule has 1 atom stereocenters. The number of aliphatic hydroxyl groups excluding tert-OH is 1. The molecule has 0 fully saturated rings. The van der Waals surface area contributed by atoms with Crippen LogP contribution in [0.2, 0.25) is 0 Å². The van der Waals surface area contributed by atoms with Gasteiger partial charge in [0.15, 0.2) is 11.1 Å². The van der Waals surface area contributed by atoms with E-state index in [9.17, 15) is 9.90 Å². The molecule has 1 amide bonds. The second-order valence-electron chi connectivity index (χ2n) is 5.07. The van der Waals surface area contributed by atoms with Crippen molar-refractivity contribution in [3.8, 4) is 0 Å². The zero-order chi connectivity index (χ0) is 16.4. The third-order valence-electron chi connectivity index (χ3n) is 2.70. The number of hydrogen-bond donors (Lipinski definition) is 2. The van der Waals surface area contributed by atoms with E-state index in [-0.39, 0.29) is 18.3 Å². The largest absolute Gasteiger partial charge is 0.503 e. The van der Waals surface area contributed by atoms with E-state index in [2.05, 4.69) is 10.5 Å². The highest BCUT2D eigenvalue weighted by Crippen LogP contribution is 2.14. The number of diazo groups is 1. The molecule has 2 N–H and O–H groups in total. The first-order valence-electron chi connectivity index (χ1n) is 6.88. The van der Waals surface area contributed by atoms with Gasteiger partial charge in [0.1, 0.15) is 6.61 Å². The molecule has 22 heavy (non-hydrogen) atoms. The van der Waals surface area contributed by atoms with Crippen LogP contribution in [0.1, 0.15) is 25.8 Å². The first kappa shape index (κ1) is 17.5. The molecular formula is C15H20N3O4+. The van der Waals surface area contributed by atoms with Crippen molar-refractivity contribution in [2.45, 2.75) is 33.0 Å². The summed E-state index contributed by atoms with van der Waals surface area (Å²) in [7, 11) is 0. The predicted molar refractivity (Wildman–Crippen MR) is 79.9 cm³/mol. The summed E-state index contributed by atoms with van der Waals surface area (Å²) in [5, 5.41) is 18.1. The van der Waals surface area contributed by atoms with Crippen molar-refractivity contribution in [1.29, 1.82) is 5.39 Å². The Bertz CT molecular complexity index is 537. The Labute approximate surface area is 129 Å². The van der Waals surface area contributed by atoms with Crippen LogP contribution in [0.5, 0.6) is 0 Å². The van der Waals surface area contributed by atoms with E-state index in [4.69, 9.17) is 15.0 Å². The van der Waals surface area contributed by atoms with Crippen LogP contribution in [0.25, 0.3) is 4.98 Å². The first-order chi connectivity index (χ1) is 10.5. The van der Waals surface area contributed by atoms with E-state index >= 15 is 0 Å². The van der Waals surface area contributed by atoms with E-state index in [1.165, 1.54) is 0 Å². The molecule has 0 aliphatic rings. The number of ether oxygens (including phenoxy) is 1. The van der Waals surface area contributed by atoms with Gasteiger partial charge in [-0.2, -0.15) is 5.48 Å². The zero-order valence-electron chi connectivity index (χ0n) is 12.6. The average molecular weight is 306 g/mol.